The third-order valence-corrected chi connectivity index (χ3v) is 4.06. The molecular weight excluding hydrogens is 347 g/mol. The fraction of sp³-hybridized carbons (Fsp3) is 0.235. The van der Waals surface area contributed by atoms with Crippen molar-refractivity contribution >= 4 is 16.1 Å². The molecule has 6 nitrogen and oxygen atoms in total. The lowest BCUT2D eigenvalue weighted by molar-refractivity contribution is -0.660. The molecule has 0 fully saturated rings. The Morgan fingerprint density at radius 2 is 1.64 bits per heavy atom. The highest BCUT2D eigenvalue weighted by Gasteiger charge is 2.36. The highest BCUT2D eigenvalue weighted by atomic mass is 32.3. The lowest BCUT2D eigenvalue weighted by Crippen LogP contribution is -2.27. The van der Waals surface area contributed by atoms with Gasteiger partial charge in [0.15, 0.2) is 7.05 Å². The average molecular weight is 366 g/mol. The largest absolute Gasteiger partial charge is 1.00 e. The van der Waals surface area contributed by atoms with Crippen LogP contribution in [0, 0.1) is 5.82 Å². The minimum Gasteiger partial charge on any atom is -0.759 e. The molecule has 0 amide bonds. The lowest BCUT2D eigenvalue weighted by atomic mass is 9.99. The quantitative estimate of drug-likeness (QED) is 0.461. The van der Waals surface area contributed by atoms with Crippen molar-refractivity contribution in [3.05, 3.63) is 71.5 Å². The molecule has 0 bridgehead atoms. The van der Waals surface area contributed by atoms with E-state index in [1.54, 1.807) is 0 Å². The second kappa shape index (κ2) is 7.73. The zero-order valence-electron chi connectivity index (χ0n) is 14.8. The molecule has 134 valence electrons. The molecule has 1 heterocycles. The predicted octanol–water partition coefficient (Wildman–Crippen LogP) is 2.02. The Morgan fingerprint density at radius 3 is 2.16 bits per heavy atom. The van der Waals surface area contributed by atoms with Gasteiger partial charge in [0.1, 0.15) is 11.9 Å². The molecule has 8 heteroatoms. The number of hydrogen-bond donors (Lipinski definition) is 0. The van der Waals surface area contributed by atoms with Crippen LogP contribution in [0.25, 0.3) is 0 Å². The molecule has 0 saturated heterocycles. The molecule has 0 saturated carbocycles. The smallest absolute Gasteiger partial charge is 0.759 e. The van der Waals surface area contributed by atoms with E-state index in [1.165, 1.54) is 23.4 Å². The minimum absolute atomic E-state index is 0. The maximum atomic E-state index is 13.1. The number of halogens is 1. The van der Waals surface area contributed by atoms with Gasteiger partial charge < -0.3 is 9.11 Å². The summed E-state index contributed by atoms with van der Waals surface area (Å²) < 4.78 is 49.3. The summed E-state index contributed by atoms with van der Waals surface area (Å²) >= 11 is 0. The zero-order chi connectivity index (χ0) is 18.6. The van der Waals surface area contributed by atoms with Gasteiger partial charge in [0, 0.05) is 16.0 Å². The SMILES string of the molecule is CN1C(c2ccc(F)cc2)CC(c2ccccc2)=[N+]1C.O=S(=O)([O-])[O-].[H+]. The van der Waals surface area contributed by atoms with Crippen LogP contribution in [0.3, 0.4) is 0 Å². The summed E-state index contributed by atoms with van der Waals surface area (Å²) in [6, 6.07) is 17.5. The monoisotopic (exact) mass is 366 g/mol. The van der Waals surface area contributed by atoms with Crippen LogP contribution in [-0.2, 0) is 10.4 Å². The highest BCUT2D eigenvalue weighted by molar-refractivity contribution is 7.79. The van der Waals surface area contributed by atoms with Crippen molar-refractivity contribution in [3.63, 3.8) is 0 Å². The molecular formula is C17H19FN2O4S. The molecule has 1 atom stereocenters. The van der Waals surface area contributed by atoms with E-state index in [4.69, 9.17) is 17.5 Å². The summed E-state index contributed by atoms with van der Waals surface area (Å²) in [7, 11) is -1.02. The van der Waals surface area contributed by atoms with Crippen LogP contribution in [0.1, 0.15) is 25.0 Å². The van der Waals surface area contributed by atoms with E-state index in [0.717, 1.165) is 12.0 Å². The van der Waals surface area contributed by atoms with E-state index < -0.39 is 10.4 Å². The Hall–Kier alpha value is -2.29. The first-order valence-corrected chi connectivity index (χ1v) is 8.80. The van der Waals surface area contributed by atoms with Gasteiger partial charge >= 0.3 is 1.43 Å². The number of rotatable bonds is 2. The summed E-state index contributed by atoms with van der Waals surface area (Å²) in [5.74, 6) is -0.185. The Kier molecular flexibility index (Phi) is 5.89. The third kappa shape index (κ3) is 5.35. The summed E-state index contributed by atoms with van der Waals surface area (Å²) in [5.41, 5.74) is 3.68. The Labute approximate surface area is 147 Å². The average Bonchev–Trinajstić information content (AvgIpc) is 2.84. The first-order valence-electron chi connectivity index (χ1n) is 7.46. The van der Waals surface area contributed by atoms with Crippen LogP contribution in [0.5, 0.6) is 0 Å². The second-order valence-corrected chi connectivity index (χ2v) is 6.41. The lowest BCUT2D eigenvalue weighted by Gasteiger charge is -2.17. The van der Waals surface area contributed by atoms with Crippen molar-refractivity contribution < 1.29 is 28.0 Å². The molecule has 3 rings (SSSR count). The molecule has 25 heavy (non-hydrogen) atoms. The van der Waals surface area contributed by atoms with Gasteiger partial charge in [0.25, 0.3) is 0 Å². The van der Waals surface area contributed by atoms with Crippen molar-refractivity contribution in [3.8, 4) is 0 Å². The standard InChI is InChI=1S/C17H18FN2.H2O4S/c1-19-16(13-6-4-3-5-7-13)12-17(20(19)2)14-8-10-15(18)11-9-14;1-5(2,3)4/h3-11,17H,12H2,1-2H3;(H2,1,2,3,4)/q+1;/p-1. The molecule has 0 N–H and O–H groups in total. The molecule has 2 aromatic rings. The molecule has 0 spiro atoms. The van der Waals surface area contributed by atoms with Gasteiger partial charge in [0.05, 0.1) is 13.5 Å². The summed E-state index contributed by atoms with van der Waals surface area (Å²) in [6.45, 7) is 0. The van der Waals surface area contributed by atoms with E-state index in [2.05, 4.69) is 48.1 Å². The molecule has 2 aromatic carbocycles. The number of hydrazone groups is 1. The Bertz CT molecular complexity index is 850. The normalized spacial score (nSPS) is 17.3. The topological polar surface area (TPSA) is 86.5 Å². The van der Waals surface area contributed by atoms with Gasteiger partial charge in [-0.3, -0.25) is 8.42 Å². The second-order valence-electron chi connectivity index (χ2n) is 5.59. The fourth-order valence-electron chi connectivity index (χ4n) is 2.80. The number of benzene rings is 2. The third-order valence-electron chi connectivity index (χ3n) is 4.06. The van der Waals surface area contributed by atoms with Crippen molar-refractivity contribution in [1.29, 1.82) is 0 Å². The minimum atomic E-state index is -5.17. The van der Waals surface area contributed by atoms with E-state index in [-0.39, 0.29) is 13.3 Å². The van der Waals surface area contributed by atoms with E-state index in [0.29, 0.717) is 0 Å². The number of hydrogen-bond acceptors (Lipinski definition) is 5. The molecule has 0 aromatic heterocycles. The number of hydrazine groups is 1. The van der Waals surface area contributed by atoms with Gasteiger partial charge in [-0.2, -0.15) is 5.01 Å². The van der Waals surface area contributed by atoms with Crippen LogP contribution < -0.4 is 0 Å². The van der Waals surface area contributed by atoms with E-state index in [9.17, 15) is 4.39 Å². The first-order chi connectivity index (χ1) is 11.7. The summed E-state index contributed by atoms with van der Waals surface area (Å²) in [4.78, 5) is 0. The predicted molar refractivity (Wildman–Crippen MR) is 89.8 cm³/mol. The van der Waals surface area contributed by atoms with Gasteiger partial charge in [0.2, 0.25) is 5.71 Å². The summed E-state index contributed by atoms with van der Waals surface area (Å²) in [5, 5.41) is 2.20. The number of nitrogens with zero attached hydrogens (tertiary/aromatic N) is 2. The van der Waals surface area contributed by atoms with Crippen molar-refractivity contribution in [2.45, 2.75) is 12.5 Å². The van der Waals surface area contributed by atoms with Gasteiger partial charge in [-0.1, -0.05) is 30.3 Å². The zero-order valence-corrected chi connectivity index (χ0v) is 14.6. The maximum absolute atomic E-state index is 13.1. The Balaban J connectivity index is 0.000000501. The van der Waals surface area contributed by atoms with Crippen molar-refractivity contribution in [2.24, 2.45) is 0 Å². The van der Waals surface area contributed by atoms with Gasteiger partial charge in [-0.15, -0.1) is 4.68 Å². The van der Waals surface area contributed by atoms with E-state index in [1.807, 2.05) is 18.2 Å². The molecule has 1 aliphatic rings. The van der Waals surface area contributed by atoms with Crippen molar-refractivity contribution in [2.75, 3.05) is 14.1 Å². The summed E-state index contributed by atoms with van der Waals surface area (Å²) in [6.07, 6.45) is 0.933. The molecule has 0 aliphatic carbocycles. The van der Waals surface area contributed by atoms with Crippen LogP contribution in [0.4, 0.5) is 4.39 Å². The molecule has 1 aliphatic heterocycles. The van der Waals surface area contributed by atoms with Crippen LogP contribution >= 0.6 is 0 Å². The Morgan fingerprint density at radius 1 is 1.12 bits per heavy atom. The highest BCUT2D eigenvalue weighted by Crippen LogP contribution is 2.30. The molecule has 1 unspecified atom stereocenters. The first kappa shape index (κ1) is 19.0. The van der Waals surface area contributed by atoms with E-state index >= 15 is 0 Å². The van der Waals surface area contributed by atoms with Crippen LogP contribution in [0.15, 0.2) is 54.6 Å². The van der Waals surface area contributed by atoms with Gasteiger partial charge in [-0.05, 0) is 29.8 Å². The van der Waals surface area contributed by atoms with Crippen LogP contribution in [-0.4, -0.2) is 47.0 Å². The fourth-order valence-corrected chi connectivity index (χ4v) is 2.80. The van der Waals surface area contributed by atoms with Crippen LogP contribution in [0.2, 0.25) is 0 Å². The van der Waals surface area contributed by atoms with Gasteiger partial charge in [-0.25, -0.2) is 4.39 Å². The van der Waals surface area contributed by atoms with Crippen molar-refractivity contribution in [1.82, 2.24) is 5.01 Å². The maximum Gasteiger partial charge on any atom is 1.00 e. The molecule has 0 radical (unpaired) electrons.